The number of rotatable bonds is 7. The van der Waals surface area contributed by atoms with E-state index < -0.39 is 12.0 Å². The molecule has 0 aliphatic carbocycles. The molecule has 1 heterocycles. The van der Waals surface area contributed by atoms with Crippen molar-refractivity contribution in [3.63, 3.8) is 0 Å². The van der Waals surface area contributed by atoms with Crippen molar-refractivity contribution >= 4 is 11.9 Å². The van der Waals surface area contributed by atoms with Crippen LogP contribution in [0.3, 0.4) is 0 Å². The van der Waals surface area contributed by atoms with Crippen molar-refractivity contribution in [3.05, 3.63) is 0 Å². The zero-order valence-corrected chi connectivity index (χ0v) is 11.2. The minimum atomic E-state index is -0.926. The van der Waals surface area contributed by atoms with Gasteiger partial charge >= 0.3 is 5.97 Å². The SMILES string of the molecule is CCN(CC)CCN1CCNC(=O)C1CC(=O)O. The highest BCUT2D eigenvalue weighted by atomic mass is 16.4. The Morgan fingerprint density at radius 1 is 1.50 bits per heavy atom. The number of carbonyl (C=O) groups excluding carboxylic acids is 1. The number of piperazine rings is 1. The maximum atomic E-state index is 11.7. The van der Waals surface area contributed by atoms with Gasteiger partial charge in [-0.3, -0.25) is 14.5 Å². The van der Waals surface area contributed by atoms with E-state index in [1.807, 2.05) is 4.90 Å². The third-order valence-electron chi connectivity index (χ3n) is 3.41. The summed E-state index contributed by atoms with van der Waals surface area (Å²) >= 11 is 0. The van der Waals surface area contributed by atoms with Gasteiger partial charge in [-0.25, -0.2) is 0 Å². The Balaban J connectivity index is 2.53. The Morgan fingerprint density at radius 3 is 2.72 bits per heavy atom. The van der Waals surface area contributed by atoms with Crippen LogP contribution in [0.2, 0.25) is 0 Å². The fourth-order valence-electron chi connectivity index (χ4n) is 2.23. The average Bonchev–Trinajstić information content (AvgIpc) is 2.34. The molecule has 0 aromatic carbocycles. The number of likely N-dealkylation sites (N-methyl/N-ethyl adjacent to an activating group) is 1. The normalized spacial score (nSPS) is 21.1. The van der Waals surface area contributed by atoms with Gasteiger partial charge in [0.1, 0.15) is 0 Å². The van der Waals surface area contributed by atoms with E-state index in [9.17, 15) is 9.59 Å². The van der Waals surface area contributed by atoms with Gasteiger partial charge in [0.05, 0.1) is 12.5 Å². The highest BCUT2D eigenvalue weighted by molar-refractivity contribution is 5.86. The first kappa shape index (κ1) is 14.9. The number of carbonyl (C=O) groups is 2. The maximum Gasteiger partial charge on any atom is 0.305 e. The van der Waals surface area contributed by atoms with E-state index in [1.165, 1.54) is 0 Å². The second kappa shape index (κ2) is 7.33. The molecule has 0 spiro atoms. The molecule has 1 amide bonds. The monoisotopic (exact) mass is 257 g/mol. The molecule has 104 valence electrons. The molecular weight excluding hydrogens is 234 g/mol. The molecule has 1 fully saturated rings. The van der Waals surface area contributed by atoms with Crippen LogP contribution in [-0.4, -0.2) is 72.1 Å². The molecule has 0 radical (unpaired) electrons. The van der Waals surface area contributed by atoms with E-state index in [4.69, 9.17) is 5.11 Å². The molecule has 18 heavy (non-hydrogen) atoms. The Morgan fingerprint density at radius 2 is 2.17 bits per heavy atom. The average molecular weight is 257 g/mol. The third-order valence-corrected chi connectivity index (χ3v) is 3.41. The Hall–Kier alpha value is -1.14. The van der Waals surface area contributed by atoms with E-state index in [-0.39, 0.29) is 12.3 Å². The summed E-state index contributed by atoms with van der Waals surface area (Å²) < 4.78 is 0. The lowest BCUT2D eigenvalue weighted by atomic mass is 10.1. The Bertz CT molecular complexity index is 292. The van der Waals surface area contributed by atoms with E-state index in [2.05, 4.69) is 24.1 Å². The summed E-state index contributed by atoms with van der Waals surface area (Å²) in [7, 11) is 0. The van der Waals surface area contributed by atoms with Gasteiger partial charge in [0, 0.05) is 26.2 Å². The summed E-state index contributed by atoms with van der Waals surface area (Å²) in [4.78, 5) is 26.7. The molecule has 6 heteroatoms. The lowest BCUT2D eigenvalue weighted by Gasteiger charge is -2.35. The molecule has 1 aliphatic heterocycles. The van der Waals surface area contributed by atoms with E-state index in [1.54, 1.807) is 0 Å². The number of amides is 1. The second-order valence-corrected chi connectivity index (χ2v) is 4.47. The van der Waals surface area contributed by atoms with Crippen LogP contribution in [0, 0.1) is 0 Å². The van der Waals surface area contributed by atoms with Crippen molar-refractivity contribution in [3.8, 4) is 0 Å². The summed E-state index contributed by atoms with van der Waals surface area (Å²) in [5.41, 5.74) is 0. The summed E-state index contributed by atoms with van der Waals surface area (Å²) in [6.07, 6.45) is -0.121. The summed E-state index contributed by atoms with van der Waals surface area (Å²) in [5.74, 6) is -1.09. The van der Waals surface area contributed by atoms with Crippen molar-refractivity contribution in [2.45, 2.75) is 26.3 Å². The van der Waals surface area contributed by atoms with Gasteiger partial charge in [0.2, 0.25) is 5.91 Å². The minimum absolute atomic E-state index is 0.121. The predicted octanol–water partition coefficient (Wildman–Crippen LogP) is -0.397. The van der Waals surface area contributed by atoms with Crippen LogP contribution in [-0.2, 0) is 9.59 Å². The van der Waals surface area contributed by atoms with Crippen molar-refractivity contribution in [2.24, 2.45) is 0 Å². The predicted molar refractivity (Wildman–Crippen MR) is 68.4 cm³/mol. The van der Waals surface area contributed by atoms with Crippen molar-refractivity contribution in [1.29, 1.82) is 0 Å². The molecule has 1 unspecified atom stereocenters. The first-order valence-electron chi connectivity index (χ1n) is 6.54. The van der Waals surface area contributed by atoms with E-state index >= 15 is 0 Å². The van der Waals surface area contributed by atoms with Gasteiger partial charge in [0.15, 0.2) is 0 Å². The van der Waals surface area contributed by atoms with Gasteiger partial charge in [0.25, 0.3) is 0 Å². The van der Waals surface area contributed by atoms with Crippen LogP contribution in [0.5, 0.6) is 0 Å². The van der Waals surface area contributed by atoms with Crippen molar-refractivity contribution in [2.75, 3.05) is 39.3 Å². The summed E-state index contributed by atoms with van der Waals surface area (Å²) in [5, 5.41) is 11.6. The number of aliphatic carboxylic acids is 1. The number of hydrogen-bond acceptors (Lipinski definition) is 4. The lowest BCUT2D eigenvalue weighted by molar-refractivity contribution is -0.143. The van der Waals surface area contributed by atoms with Crippen LogP contribution in [0.4, 0.5) is 0 Å². The van der Waals surface area contributed by atoms with Crippen LogP contribution < -0.4 is 5.32 Å². The second-order valence-electron chi connectivity index (χ2n) is 4.47. The number of carboxylic acid groups (broad SMARTS) is 1. The zero-order chi connectivity index (χ0) is 13.5. The lowest BCUT2D eigenvalue weighted by Crippen LogP contribution is -2.57. The van der Waals surface area contributed by atoms with Gasteiger partial charge in [-0.2, -0.15) is 0 Å². The minimum Gasteiger partial charge on any atom is -0.481 e. The fraction of sp³-hybridized carbons (Fsp3) is 0.833. The quantitative estimate of drug-likeness (QED) is 0.649. The fourth-order valence-corrected chi connectivity index (χ4v) is 2.23. The van der Waals surface area contributed by atoms with Gasteiger partial charge < -0.3 is 15.3 Å². The van der Waals surface area contributed by atoms with Crippen molar-refractivity contribution < 1.29 is 14.7 Å². The molecule has 2 N–H and O–H groups in total. The molecular formula is C12H23N3O3. The summed E-state index contributed by atoms with van der Waals surface area (Å²) in [6, 6.07) is -0.521. The van der Waals surface area contributed by atoms with Crippen LogP contribution in [0.1, 0.15) is 20.3 Å². The zero-order valence-electron chi connectivity index (χ0n) is 11.2. The Labute approximate surface area is 108 Å². The molecule has 6 nitrogen and oxygen atoms in total. The molecule has 1 aliphatic rings. The summed E-state index contributed by atoms with van der Waals surface area (Å²) in [6.45, 7) is 9.09. The third kappa shape index (κ3) is 4.27. The maximum absolute atomic E-state index is 11.7. The smallest absolute Gasteiger partial charge is 0.305 e. The molecule has 0 bridgehead atoms. The molecule has 1 saturated heterocycles. The van der Waals surface area contributed by atoms with Crippen molar-refractivity contribution in [1.82, 2.24) is 15.1 Å². The molecule has 0 aromatic rings. The number of hydrogen-bond donors (Lipinski definition) is 2. The first-order valence-corrected chi connectivity index (χ1v) is 6.54. The van der Waals surface area contributed by atoms with Crippen LogP contribution >= 0.6 is 0 Å². The highest BCUT2D eigenvalue weighted by Gasteiger charge is 2.31. The molecule has 0 saturated carbocycles. The number of carboxylic acids is 1. The largest absolute Gasteiger partial charge is 0.481 e. The standard InChI is InChI=1S/C12H23N3O3/c1-3-14(4-2)7-8-15-6-5-13-12(18)10(15)9-11(16)17/h10H,3-9H2,1-2H3,(H,13,18)(H,16,17). The number of nitrogens with zero attached hydrogens (tertiary/aromatic N) is 2. The van der Waals surface area contributed by atoms with Crippen LogP contribution in [0.25, 0.3) is 0 Å². The molecule has 1 atom stereocenters. The Kier molecular flexibility index (Phi) is 6.07. The van der Waals surface area contributed by atoms with Gasteiger partial charge in [-0.1, -0.05) is 13.8 Å². The van der Waals surface area contributed by atoms with Gasteiger partial charge in [-0.05, 0) is 13.1 Å². The van der Waals surface area contributed by atoms with Gasteiger partial charge in [-0.15, -0.1) is 0 Å². The topological polar surface area (TPSA) is 72.9 Å². The highest BCUT2D eigenvalue weighted by Crippen LogP contribution is 2.09. The molecule has 1 rings (SSSR count). The number of nitrogens with one attached hydrogen (secondary N) is 1. The van der Waals surface area contributed by atoms with E-state index in [0.717, 1.165) is 32.7 Å². The van der Waals surface area contributed by atoms with E-state index in [0.29, 0.717) is 6.54 Å². The molecule has 0 aromatic heterocycles. The first-order chi connectivity index (χ1) is 8.58. The van der Waals surface area contributed by atoms with Crippen LogP contribution in [0.15, 0.2) is 0 Å².